The van der Waals surface area contributed by atoms with Gasteiger partial charge in [0.05, 0.1) is 6.20 Å². The van der Waals surface area contributed by atoms with Crippen molar-refractivity contribution in [2.75, 3.05) is 6.54 Å². The molecule has 1 fully saturated rings. The highest BCUT2D eigenvalue weighted by molar-refractivity contribution is 5.13. The van der Waals surface area contributed by atoms with E-state index >= 15 is 0 Å². The monoisotopic (exact) mass is 249 g/mol. The fourth-order valence-electron chi connectivity index (χ4n) is 3.09. The van der Waals surface area contributed by atoms with Crippen molar-refractivity contribution in [2.45, 2.75) is 57.9 Å². The number of hydrogen-bond donors (Lipinski definition) is 1. The van der Waals surface area contributed by atoms with Crippen molar-refractivity contribution in [2.24, 2.45) is 13.0 Å². The summed E-state index contributed by atoms with van der Waals surface area (Å²) >= 11 is 0. The van der Waals surface area contributed by atoms with Crippen LogP contribution in [-0.2, 0) is 7.05 Å². The van der Waals surface area contributed by atoms with E-state index in [0.29, 0.717) is 12.0 Å². The predicted octanol–water partition coefficient (Wildman–Crippen LogP) is 3.08. The second kappa shape index (κ2) is 6.37. The molecular weight excluding hydrogens is 222 g/mol. The van der Waals surface area contributed by atoms with E-state index in [0.717, 1.165) is 12.5 Å². The lowest BCUT2D eigenvalue weighted by Crippen LogP contribution is -2.31. The summed E-state index contributed by atoms with van der Waals surface area (Å²) < 4.78 is 1.94. The Bertz CT molecular complexity index is 356. The van der Waals surface area contributed by atoms with E-state index in [-0.39, 0.29) is 0 Å². The molecule has 1 N–H and O–H groups in total. The van der Waals surface area contributed by atoms with Crippen molar-refractivity contribution < 1.29 is 0 Å². The Kier molecular flexibility index (Phi) is 4.81. The lowest BCUT2D eigenvalue weighted by atomic mass is 9.83. The van der Waals surface area contributed by atoms with Gasteiger partial charge in [0.15, 0.2) is 0 Å². The molecule has 3 nitrogen and oxygen atoms in total. The predicted molar refractivity (Wildman–Crippen MR) is 75.7 cm³/mol. The van der Waals surface area contributed by atoms with Gasteiger partial charge in [-0.15, -0.1) is 0 Å². The third-order valence-electron chi connectivity index (χ3n) is 4.10. The normalized spacial score (nSPS) is 25.3. The summed E-state index contributed by atoms with van der Waals surface area (Å²) in [6.07, 6.45) is 11.1. The number of nitrogens with one attached hydrogen (secondary N) is 1. The Morgan fingerprint density at radius 3 is 2.78 bits per heavy atom. The molecule has 1 aromatic rings. The van der Waals surface area contributed by atoms with Gasteiger partial charge in [-0.3, -0.25) is 4.68 Å². The molecule has 0 aliphatic heterocycles. The average Bonchev–Trinajstić information content (AvgIpc) is 2.63. The molecule has 102 valence electrons. The number of aryl methyl sites for hydroxylation is 1. The second-order valence-corrected chi connectivity index (χ2v) is 6.01. The van der Waals surface area contributed by atoms with E-state index in [4.69, 9.17) is 0 Å². The third-order valence-corrected chi connectivity index (χ3v) is 4.10. The molecule has 0 radical (unpaired) electrons. The first-order valence-electron chi connectivity index (χ1n) is 7.38. The maximum absolute atomic E-state index is 4.35. The fraction of sp³-hybridized carbons (Fsp3) is 0.800. The van der Waals surface area contributed by atoms with Crippen LogP contribution in [0.4, 0.5) is 0 Å². The van der Waals surface area contributed by atoms with Crippen LogP contribution in [-0.4, -0.2) is 22.4 Å². The van der Waals surface area contributed by atoms with E-state index in [9.17, 15) is 0 Å². The lowest BCUT2D eigenvalue weighted by Gasteiger charge is -2.25. The van der Waals surface area contributed by atoms with E-state index in [1.807, 2.05) is 11.7 Å². The molecule has 2 atom stereocenters. The summed E-state index contributed by atoms with van der Waals surface area (Å²) in [6.45, 7) is 5.61. The van der Waals surface area contributed by atoms with Gasteiger partial charge in [0, 0.05) is 19.3 Å². The standard InChI is InChI=1S/C15H27N3/c1-12(2)16-9-13-7-5-4-6-8-15(13)14-10-17-18(3)11-14/h10-13,15-16H,4-9H2,1-3H3. The quantitative estimate of drug-likeness (QED) is 0.831. The van der Waals surface area contributed by atoms with Crippen molar-refractivity contribution in [3.63, 3.8) is 0 Å². The van der Waals surface area contributed by atoms with Crippen LogP contribution in [0.2, 0.25) is 0 Å². The van der Waals surface area contributed by atoms with Gasteiger partial charge in [-0.05, 0) is 36.8 Å². The van der Waals surface area contributed by atoms with Gasteiger partial charge in [-0.2, -0.15) is 5.10 Å². The molecule has 3 heteroatoms. The molecule has 0 spiro atoms. The molecule has 2 rings (SSSR count). The first kappa shape index (κ1) is 13.6. The van der Waals surface area contributed by atoms with Crippen molar-refractivity contribution in [3.05, 3.63) is 18.0 Å². The number of nitrogens with zero attached hydrogens (tertiary/aromatic N) is 2. The van der Waals surface area contributed by atoms with Gasteiger partial charge in [0.1, 0.15) is 0 Å². The Hall–Kier alpha value is -0.830. The zero-order valence-electron chi connectivity index (χ0n) is 12.0. The lowest BCUT2D eigenvalue weighted by molar-refractivity contribution is 0.363. The van der Waals surface area contributed by atoms with E-state index in [1.165, 1.54) is 37.7 Å². The SMILES string of the molecule is CC(C)NCC1CCCCCC1c1cnn(C)c1. The van der Waals surface area contributed by atoms with Gasteiger partial charge >= 0.3 is 0 Å². The van der Waals surface area contributed by atoms with E-state index in [2.05, 4.69) is 36.7 Å². The summed E-state index contributed by atoms with van der Waals surface area (Å²) in [5.41, 5.74) is 1.44. The minimum absolute atomic E-state index is 0.586. The van der Waals surface area contributed by atoms with Crippen molar-refractivity contribution in [3.8, 4) is 0 Å². The molecule has 2 unspecified atom stereocenters. The average molecular weight is 249 g/mol. The Labute approximate surface area is 111 Å². The van der Waals surface area contributed by atoms with E-state index < -0.39 is 0 Å². The minimum atomic E-state index is 0.586. The van der Waals surface area contributed by atoms with Gasteiger partial charge < -0.3 is 5.32 Å². The van der Waals surface area contributed by atoms with Crippen molar-refractivity contribution >= 4 is 0 Å². The number of aromatic nitrogens is 2. The Morgan fingerprint density at radius 1 is 1.33 bits per heavy atom. The van der Waals surface area contributed by atoms with Crippen LogP contribution in [0.25, 0.3) is 0 Å². The molecule has 0 bridgehead atoms. The molecule has 18 heavy (non-hydrogen) atoms. The smallest absolute Gasteiger partial charge is 0.0524 e. The summed E-state index contributed by atoms with van der Waals surface area (Å²) in [5.74, 6) is 1.48. The highest BCUT2D eigenvalue weighted by Gasteiger charge is 2.25. The summed E-state index contributed by atoms with van der Waals surface area (Å²) in [5, 5.41) is 7.97. The molecule has 1 aliphatic rings. The maximum Gasteiger partial charge on any atom is 0.0524 e. The largest absolute Gasteiger partial charge is 0.314 e. The molecule has 1 saturated carbocycles. The molecule has 0 aromatic carbocycles. The molecular formula is C15H27N3. The van der Waals surface area contributed by atoms with E-state index in [1.54, 1.807) is 0 Å². The second-order valence-electron chi connectivity index (χ2n) is 6.01. The number of hydrogen-bond acceptors (Lipinski definition) is 2. The minimum Gasteiger partial charge on any atom is -0.314 e. The first-order chi connectivity index (χ1) is 8.66. The molecule has 1 aromatic heterocycles. The van der Waals surface area contributed by atoms with Gasteiger partial charge in [-0.25, -0.2) is 0 Å². The van der Waals surface area contributed by atoms with Gasteiger partial charge in [0.2, 0.25) is 0 Å². The Balaban J connectivity index is 2.06. The van der Waals surface area contributed by atoms with Crippen LogP contribution >= 0.6 is 0 Å². The topological polar surface area (TPSA) is 29.9 Å². The van der Waals surface area contributed by atoms with Crippen LogP contribution in [0, 0.1) is 5.92 Å². The molecule has 1 aliphatic carbocycles. The highest BCUT2D eigenvalue weighted by Crippen LogP contribution is 2.36. The zero-order valence-corrected chi connectivity index (χ0v) is 12.0. The van der Waals surface area contributed by atoms with Gasteiger partial charge in [-0.1, -0.05) is 33.1 Å². The maximum atomic E-state index is 4.35. The van der Waals surface area contributed by atoms with Crippen LogP contribution < -0.4 is 5.32 Å². The third kappa shape index (κ3) is 3.58. The Morgan fingerprint density at radius 2 is 2.11 bits per heavy atom. The molecule has 1 heterocycles. The fourth-order valence-corrected chi connectivity index (χ4v) is 3.09. The molecule has 0 saturated heterocycles. The summed E-state index contributed by atoms with van der Waals surface area (Å²) in [6, 6.07) is 0.586. The van der Waals surface area contributed by atoms with Gasteiger partial charge in [0.25, 0.3) is 0 Å². The summed E-state index contributed by atoms with van der Waals surface area (Å²) in [7, 11) is 2.02. The summed E-state index contributed by atoms with van der Waals surface area (Å²) in [4.78, 5) is 0. The van der Waals surface area contributed by atoms with Crippen LogP contribution in [0.15, 0.2) is 12.4 Å². The van der Waals surface area contributed by atoms with Crippen molar-refractivity contribution in [1.29, 1.82) is 0 Å². The van der Waals surface area contributed by atoms with Crippen LogP contribution in [0.5, 0.6) is 0 Å². The first-order valence-corrected chi connectivity index (χ1v) is 7.38. The zero-order chi connectivity index (χ0) is 13.0. The van der Waals surface area contributed by atoms with Crippen molar-refractivity contribution in [1.82, 2.24) is 15.1 Å². The van der Waals surface area contributed by atoms with Crippen LogP contribution in [0.3, 0.4) is 0 Å². The highest BCUT2D eigenvalue weighted by atomic mass is 15.2. The molecule has 0 amide bonds. The van der Waals surface area contributed by atoms with Crippen LogP contribution in [0.1, 0.15) is 57.4 Å². The number of rotatable bonds is 4.